The number of aryl methyl sites for hydroxylation is 1. The van der Waals surface area contributed by atoms with E-state index in [9.17, 15) is 14.0 Å². The highest BCUT2D eigenvalue weighted by atomic mass is 32.1. The largest absolute Gasteiger partial charge is 0.456 e. The zero-order chi connectivity index (χ0) is 20.8. The molecule has 7 heteroatoms. The van der Waals surface area contributed by atoms with Crippen molar-refractivity contribution in [2.75, 3.05) is 4.90 Å². The molecule has 0 atom stereocenters. The summed E-state index contributed by atoms with van der Waals surface area (Å²) in [5.74, 6) is -1.10. The zero-order valence-corrected chi connectivity index (χ0v) is 16.8. The molecule has 1 amide bonds. The molecule has 5 nitrogen and oxygen atoms in total. The molecule has 0 fully saturated rings. The van der Waals surface area contributed by atoms with E-state index in [-0.39, 0.29) is 18.3 Å². The molecule has 3 aromatic rings. The number of rotatable bonds is 6. The molecule has 1 heterocycles. The minimum Gasteiger partial charge on any atom is -0.456 e. The minimum atomic E-state index is -0.564. The Morgan fingerprint density at radius 3 is 2.72 bits per heavy atom. The van der Waals surface area contributed by atoms with Crippen molar-refractivity contribution in [3.05, 3.63) is 82.6 Å². The average molecular weight is 410 g/mol. The molecular weight excluding hydrogens is 391 g/mol. The Bertz CT molecular complexity index is 1060. The Kier molecular flexibility index (Phi) is 6.51. The molecule has 0 radical (unpaired) electrons. The maximum Gasteiger partial charge on any atom is 0.331 e. The highest BCUT2D eigenvalue weighted by Crippen LogP contribution is 2.29. The average Bonchev–Trinajstić information content (AvgIpc) is 3.13. The summed E-state index contributed by atoms with van der Waals surface area (Å²) in [6, 6.07) is 13.5. The molecule has 29 heavy (non-hydrogen) atoms. The molecule has 148 valence electrons. The smallest absolute Gasteiger partial charge is 0.331 e. The van der Waals surface area contributed by atoms with Gasteiger partial charge in [-0.15, -0.1) is 11.3 Å². The third-order valence-corrected chi connectivity index (χ3v) is 4.80. The summed E-state index contributed by atoms with van der Waals surface area (Å²) >= 11 is 1.29. The number of thiazole rings is 1. The maximum atomic E-state index is 13.1. The second-order valence-electron chi connectivity index (χ2n) is 6.31. The van der Waals surface area contributed by atoms with Crippen molar-refractivity contribution in [1.82, 2.24) is 4.98 Å². The predicted molar refractivity (Wildman–Crippen MR) is 111 cm³/mol. The molecule has 0 bridgehead atoms. The lowest BCUT2D eigenvalue weighted by atomic mass is 10.2. The topological polar surface area (TPSA) is 59.5 Å². The molecule has 2 aromatic carbocycles. The number of esters is 1. The number of hydrogen-bond donors (Lipinski definition) is 0. The summed E-state index contributed by atoms with van der Waals surface area (Å²) in [5, 5.41) is 2.24. The van der Waals surface area contributed by atoms with Crippen molar-refractivity contribution in [3.63, 3.8) is 0 Å². The van der Waals surface area contributed by atoms with Crippen LogP contribution in [0.15, 0.2) is 60.0 Å². The van der Waals surface area contributed by atoms with Crippen LogP contribution in [0.1, 0.15) is 23.7 Å². The highest BCUT2D eigenvalue weighted by molar-refractivity contribution is 7.14. The number of amides is 1. The molecule has 0 saturated carbocycles. The van der Waals surface area contributed by atoms with Crippen LogP contribution in [0.25, 0.3) is 6.08 Å². The van der Waals surface area contributed by atoms with Crippen LogP contribution in [-0.2, 0) is 20.9 Å². The molecular formula is C22H19FN2O3S. The van der Waals surface area contributed by atoms with E-state index >= 15 is 0 Å². The van der Waals surface area contributed by atoms with Gasteiger partial charge in [0.25, 0.3) is 0 Å². The van der Waals surface area contributed by atoms with E-state index in [1.807, 2.05) is 31.2 Å². The first kappa shape index (κ1) is 20.4. The number of carbonyl (C=O) groups is 2. The van der Waals surface area contributed by atoms with Crippen molar-refractivity contribution in [2.45, 2.75) is 20.5 Å². The van der Waals surface area contributed by atoms with E-state index in [4.69, 9.17) is 4.74 Å². The maximum absolute atomic E-state index is 13.1. The van der Waals surface area contributed by atoms with Crippen LogP contribution < -0.4 is 4.90 Å². The Balaban J connectivity index is 1.65. The number of anilines is 2. The number of aromatic nitrogens is 1. The molecule has 3 rings (SSSR count). The number of benzene rings is 2. The van der Waals surface area contributed by atoms with Crippen LogP contribution >= 0.6 is 11.3 Å². The predicted octanol–water partition coefficient (Wildman–Crippen LogP) is 5.03. The highest BCUT2D eigenvalue weighted by Gasteiger charge is 2.18. The third-order valence-electron chi connectivity index (χ3n) is 3.93. The fourth-order valence-electron chi connectivity index (χ4n) is 2.63. The van der Waals surface area contributed by atoms with Crippen molar-refractivity contribution >= 4 is 40.1 Å². The van der Waals surface area contributed by atoms with E-state index in [0.29, 0.717) is 16.4 Å². The van der Waals surface area contributed by atoms with Crippen molar-refractivity contribution in [2.24, 2.45) is 0 Å². The van der Waals surface area contributed by atoms with Gasteiger partial charge in [-0.05, 0) is 48.4 Å². The van der Waals surface area contributed by atoms with Crippen LogP contribution in [0.5, 0.6) is 0 Å². The molecule has 0 aliphatic heterocycles. The minimum absolute atomic E-state index is 0.0254. The lowest BCUT2D eigenvalue weighted by molar-refractivity contribution is -0.139. The number of hydrogen-bond acceptors (Lipinski definition) is 5. The SMILES string of the molecule is CC(=O)N(c1cccc(C)c1)c1nc(COC(=O)/C=C/c2cccc(F)c2)cs1. The molecule has 0 saturated heterocycles. The van der Waals surface area contributed by atoms with E-state index < -0.39 is 5.97 Å². The van der Waals surface area contributed by atoms with Crippen LogP contribution in [0.2, 0.25) is 0 Å². The van der Waals surface area contributed by atoms with Crippen LogP contribution in [0, 0.1) is 12.7 Å². The molecule has 1 aromatic heterocycles. The summed E-state index contributed by atoms with van der Waals surface area (Å²) in [4.78, 5) is 30.0. The van der Waals surface area contributed by atoms with Gasteiger partial charge in [0.2, 0.25) is 5.91 Å². The van der Waals surface area contributed by atoms with Gasteiger partial charge in [-0.25, -0.2) is 14.2 Å². The Morgan fingerprint density at radius 1 is 1.21 bits per heavy atom. The van der Waals surface area contributed by atoms with E-state index in [0.717, 1.165) is 11.3 Å². The molecule has 0 spiro atoms. The van der Waals surface area contributed by atoms with Crippen molar-refractivity contribution < 1.29 is 18.7 Å². The Hall–Kier alpha value is -3.32. The first-order valence-corrected chi connectivity index (χ1v) is 9.72. The molecule has 0 N–H and O–H groups in total. The van der Waals surface area contributed by atoms with E-state index in [2.05, 4.69) is 4.98 Å². The lowest BCUT2D eigenvalue weighted by Crippen LogP contribution is -2.22. The first-order chi connectivity index (χ1) is 13.9. The summed E-state index contributed by atoms with van der Waals surface area (Å²) < 4.78 is 18.3. The summed E-state index contributed by atoms with van der Waals surface area (Å²) in [6.45, 7) is 3.40. The normalized spacial score (nSPS) is 10.9. The van der Waals surface area contributed by atoms with Crippen molar-refractivity contribution in [1.29, 1.82) is 0 Å². The third kappa shape index (κ3) is 5.58. The lowest BCUT2D eigenvalue weighted by Gasteiger charge is -2.18. The monoisotopic (exact) mass is 410 g/mol. The van der Waals surface area contributed by atoms with Gasteiger partial charge in [0.05, 0.1) is 11.4 Å². The standard InChI is InChI=1S/C22H19FN2O3S/c1-15-5-3-8-20(11-15)25(16(2)26)22-24-19(14-29-22)13-28-21(27)10-9-17-6-4-7-18(23)12-17/h3-12,14H,13H2,1-2H3/b10-9+. The zero-order valence-electron chi connectivity index (χ0n) is 16.0. The fourth-order valence-corrected chi connectivity index (χ4v) is 3.50. The van der Waals surface area contributed by atoms with Crippen LogP contribution in [-0.4, -0.2) is 16.9 Å². The number of carbonyl (C=O) groups excluding carboxylic acids is 2. The summed E-state index contributed by atoms with van der Waals surface area (Å²) in [6.07, 6.45) is 2.71. The number of nitrogens with zero attached hydrogens (tertiary/aromatic N) is 2. The quantitative estimate of drug-likeness (QED) is 0.422. The van der Waals surface area contributed by atoms with Gasteiger partial charge >= 0.3 is 5.97 Å². The van der Waals surface area contributed by atoms with Gasteiger partial charge in [-0.2, -0.15) is 0 Å². The van der Waals surface area contributed by atoms with E-state index in [1.165, 1.54) is 47.4 Å². The van der Waals surface area contributed by atoms with Gasteiger partial charge in [0.15, 0.2) is 5.13 Å². The fraction of sp³-hybridized carbons (Fsp3) is 0.136. The Labute approximate surface area is 172 Å². The molecule has 0 unspecified atom stereocenters. The van der Waals surface area contributed by atoms with Gasteiger partial charge < -0.3 is 4.74 Å². The van der Waals surface area contributed by atoms with Crippen LogP contribution in [0.4, 0.5) is 15.2 Å². The van der Waals surface area contributed by atoms with Gasteiger partial charge in [-0.1, -0.05) is 24.3 Å². The molecule has 0 aliphatic rings. The van der Waals surface area contributed by atoms with Gasteiger partial charge in [0.1, 0.15) is 12.4 Å². The second kappa shape index (κ2) is 9.25. The first-order valence-electron chi connectivity index (χ1n) is 8.84. The van der Waals surface area contributed by atoms with Gasteiger partial charge in [0, 0.05) is 18.4 Å². The van der Waals surface area contributed by atoms with Crippen LogP contribution in [0.3, 0.4) is 0 Å². The Morgan fingerprint density at radius 2 is 2.00 bits per heavy atom. The second-order valence-corrected chi connectivity index (χ2v) is 7.15. The number of halogens is 1. The number of ether oxygens (including phenoxy) is 1. The van der Waals surface area contributed by atoms with Gasteiger partial charge in [-0.3, -0.25) is 9.69 Å². The van der Waals surface area contributed by atoms with E-state index in [1.54, 1.807) is 17.5 Å². The van der Waals surface area contributed by atoms with Crippen molar-refractivity contribution in [3.8, 4) is 0 Å². The molecule has 0 aliphatic carbocycles. The summed E-state index contributed by atoms with van der Waals surface area (Å²) in [5.41, 5.74) is 2.86. The summed E-state index contributed by atoms with van der Waals surface area (Å²) in [7, 11) is 0.